The van der Waals surface area contributed by atoms with Crippen LogP contribution in [0, 0.1) is 6.92 Å². The average Bonchev–Trinajstić information content (AvgIpc) is 3.07. The minimum Gasteiger partial charge on any atom is -0.359 e. The molecule has 0 radical (unpaired) electrons. The fourth-order valence-electron chi connectivity index (χ4n) is 2.59. The van der Waals surface area contributed by atoms with Crippen LogP contribution in [0.15, 0.2) is 44.2 Å². The Bertz CT molecular complexity index is 740. The summed E-state index contributed by atoms with van der Waals surface area (Å²) in [6.07, 6.45) is 1.57. The highest BCUT2D eigenvalue weighted by molar-refractivity contribution is 9.10. The maximum Gasteiger partial charge on any atom is 0.243 e. The van der Waals surface area contributed by atoms with Crippen LogP contribution < -0.4 is 0 Å². The maximum atomic E-state index is 12.8. The number of benzene rings is 1. The molecule has 1 aliphatic rings. The second kappa shape index (κ2) is 5.55. The summed E-state index contributed by atoms with van der Waals surface area (Å²) >= 11 is 3.32. The molecule has 0 amide bonds. The molecule has 112 valence electrons. The molecular formula is C14H15BrN2O3S. The minimum absolute atomic E-state index is 0.264. The van der Waals surface area contributed by atoms with Crippen molar-refractivity contribution < 1.29 is 12.9 Å². The second-order valence-corrected chi connectivity index (χ2v) is 7.90. The van der Waals surface area contributed by atoms with E-state index >= 15 is 0 Å². The van der Waals surface area contributed by atoms with Crippen molar-refractivity contribution in [3.63, 3.8) is 0 Å². The summed E-state index contributed by atoms with van der Waals surface area (Å²) in [5.41, 5.74) is 0.762. The van der Waals surface area contributed by atoms with Crippen LogP contribution in [-0.2, 0) is 10.0 Å². The van der Waals surface area contributed by atoms with E-state index < -0.39 is 10.0 Å². The van der Waals surface area contributed by atoms with Gasteiger partial charge in [-0.15, -0.1) is 0 Å². The van der Waals surface area contributed by atoms with Crippen LogP contribution in [0.3, 0.4) is 0 Å². The molecule has 3 rings (SSSR count). The predicted octanol–water partition coefficient (Wildman–Crippen LogP) is 3.27. The summed E-state index contributed by atoms with van der Waals surface area (Å²) in [7, 11) is -3.52. The summed E-state index contributed by atoms with van der Waals surface area (Å²) < 4.78 is 33.2. The lowest BCUT2D eigenvalue weighted by atomic mass is 10.2. The van der Waals surface area contributed by atoms with Crippen LogP contribution in [-0.4, -0.2) is 24.4 Å². The Morgan fingerprint density at radius 3 is 2.67 bits per heavy atom. The molecule has 0 bridgehead atoms. The van der Waals surface area contributed by atoms with Crippen molar-refractivity contribution >= 4 is 26.0 Å². The number of rotatable bonds is 3. The van der Waals surface area contributed by atoms with Gasteiger partial charge in [-0.05, 0) is 44.0 Å². The van der Waals surface area contributed by atoms with E-state index in [2.05, 4.69) is 21.1 Å². The summed E-state index contributed by atoms with van der Waals surface area (Å²) in [4.78, 5) is 0.300. The second-order valence-electron chi connectivity index (χ2n) is 5.10. The van der Waals surface area contributed by atoms with Gasteiger partial charge < -0.3 is 4.52 Å². The van der Waals surface area contributed by atoms with Gasteiger partial charge in [-0.25, -0.2) is 8.42 Å². The number of sulfonamides is 1. The lowest BCUT2D eigenvalue weighted by molar-refractivity contribution is 0.297. The van der Waals surface area contributed by atoms with Gasteiger partial charge in [0.1, 0.15) is 0 Å². The van der Waals surface area contributed by atoms with E-state index in [1.165, 1.54) is 4.31 Å². The van der Waals surface area contributed by atoms with Gasteiger partial charge >= 0.3 is 0 Å². The summed E-state index contributed by atoms with van der Waals surface area (Å²) in [5, 5.41) is 3.86. The predicted molar refractivity (Wildman–Crippen MR) is 81.2 cm³/mol. The van der Waals surface area contributed by atoms with E-state index in [1.807, 2.05) is 6.92 Å². The molecule has 0 aliphatic carbocycles. The summed E-state index contributed by atoms with van der Waals surface area (Å²) in [6, 6.07) is 8.23. The van der Waals surface area contributed by atoms with Crippen molar-refractivity contribution in [3.8, 4) is 0 Å². The Balaban J connectivity index is 1.96. The minimum atomic E-state index is -3.52. The first-order valence-electron chi connectivity index (χ1n) is 6.69. The fourth-order valence-corrected chi connectivity index (χ4v) is 4.52. The lowest BCUT2D eigenvalue weighted by Crippen LogP contribution is -2.30. The molecule has 2 heterocycles. The SMILES string of the molecule is Cc1cc(C2CCCN2S(=O)(=O)c2ccc(Br)cc2)on1. The molecule has 1 aromatic carbocycles. The van der Waals surface area contributed by atoms with Crippen LogP contribution in [0.2, 0.25) is 0 Å². The molecule has 5 nitrogen and oxygen atoms in total. The highest BCUT2D eigenvalue weighted by Crippen LogP contribution is 2.36. The third-order valence-corrected chi connectivity index (χ3v) is 6.05. The molecule has 1 atom stereocenters. The quantitative estimate of drug-likeness (QED) is 0.831. The van der Waals surface area contributed by atoms with Gasteiger partial charge in [0.25, 0.3) is 0 Å². The van der Waals surface area contributed by atoms with Gasteiger partial charge in [-0.1, -0.05) is 21.1 Å². The smallest absolute Gasteiger partial charge is 0.243 e. The monoisotopic (exact) mass is 370 g/mol. The van der Waals surface area contributed by atoms with Gasteiger partial charge in [0.2, 0.25) is 10.0 Å². The molecule has 1 fully saturated rings. The molecule has 1 aromatic heterocycles. The number of aryl methyl sites for hydroxylation is 1. The van der Waals surface area contributed by atoms with Gasteiger partial charge in [0.15, 0.2) is 5.76 Å². The number of nitrogens with zero attached hydrogens (tertiary/aromatic N) is 2. The molecule has 1 unspecified atom stereocenters. The van der Waals surface area contributed by atoms with Crippen molar-refractivity contribution in [2.45, 2.75) is 30.7 Å². The molecule has 1 saturated heterocycles. The van der Waals surface area contributed by atoms with Crippen molar-refractivity contribution in [1.82, 2.24) is 9.46 Å². The standard InChI is InChI=1S/C14H15BrN2O3S/c1-10-9-14(20-16-10)13-3-2-8-17(13)21(18,19)12-6-4-11(15)5-7-12/h4-7,9,13H,2-3,8H2,1H3. The van der Waals surface area contributed by atoms with E-state index in [9.17, 15) is 8.42 Å². The molecule has 0 spiro atoms. The van der Waals surface area contributed by atoms with Crippen molar-refractivity contribution in [3.05, 3.63) is 46.3 Å². The third-order valence-electron chi connectivity index (χ3n) is 3.60. The van der Waals surface area contributed by atoms with Crippen molar-refractivity contribution in [2.75, 3.05) is 6.54 Å². The Morgan fingerprint density at radius 2 is 2.05 bits per heavy atom. The van der Waals surface area contributed by atoms with E-state index in [0.717, 1.165) is 23.0 Å². The van der Waals surface area contributed by atoms with Gasteiger partial charge in [0.05, 0.1) is 16.6 Å². The Morgan fingerprint density at radius 1 is 1.33 bits per heavy atom. The molecule has 21 heavy (non-hydrogen) atoms. The van der Waals surface area contributed by atoms with Crippen molar-refractivity contribution in [2.24, 2.45) is 0 Å². The first kappa shape index (κ1) is 14.7. The zero-order valence-corrected chi connectivity index (χ0v) is 13.9. The molecule has 1 aliphatic heterocycles. The largest absolute Gasteiger partial charge is 0.359 e. The molecule has 2 aromatic rings. The Hall–Kier alpha value is -1.18. The van der Waals surface area contributed by atoms with Gasteiger partial charge in [-0.3, -0.25) is 0 Å². The first-order valence-corrected chi connectivity index (χ1v) is 8.92. The zero-order valence-electron chi connectivity index (χ0n) is 11.5. The molecule has 0 saturated carbocycles. The first-order chi connectivity index (χ1) is 9.98. The van der Waals surface area contributed by atoms with Crippen LogP contribution >= 0.6 is 15.9 Å². The summed E-state index contributed by atoms with van der Waals surface area (Å²) in [6.45, 7) is 2.33. The zero-order chi connectivity index (χ0) is 15.0. The highest BCUT2D eigenvalue weighted by atomic mass is 79.9. The Kier molecular flexibility index (Phi) is 3.90. The molecular weight excluding hydrogens is 356 g/mol. The highest BCUT2D eigenvalue weighted by Gasteiger charge is 2.38. The van der Waals surface area contributed by atoms with E-state index in [4.69, 9.17) is 4.52 Å². The number of hydrogen-bond donors (Lipinski definition) is 0. The fraction of sp³-hybridized carbons (Fsp3) is 0.357. The topological polar surface area (TPSA) is 63.4 Å². The Labute approximate surface area is 132 Å². The van der Waals surface area contributed by atoms with Crippen LogP contribution in [0.25, 0.3) is 0 Å². The molecule has 0 N–H and O–H groups in total. The van der Waals surface area contributed by atoms with Gasteiger partial charge in [0, 0.05) is 17.1 Å². The number of halogens is 1. The van der Waals surface area contributed by atoms with Crippen LogP contribution in [0.5, 0.6) is 0 Å². The third kappa shape index (κ3) is 2.77. The van der Waals surface area contributed by atoms with Gasteiger partial charge in [-0.2, -0.15) is 4.31 Å². The summed E-state index contributed by atoms with van der Waals surface area (Å²) in [5.74, 6) is 0.616. The number of aromatic nitrogens is 1. The van der Waals surface area contributed by atoms with E-state index in [1.54, 1.807) is 30.3 Å². The van der Waals surface area contributed by atoms with E-state index in [0.29, 0.717) is 17.2 Å². The number of hydrogen-bond acceptors (Lipinski definition) is 4. The molecule has 7 heteroatoms. The van der Waals surface area contributed by atoms with Crippen LogP contribution in [0.1, 0.15) is 30.3 Å². The lowest BCUT2D eigenvalue weighted by Gasteiger charge is -2.22. The van der Waals surface area contributed by atoms with E-state index in [-0.39, 0.29) is 6.04 Å². The normalized spacial score (nSPS) is 20.0. The van der Waals surface area contributed by atoms with Crippen LogP contribution in [0.4, 0.5) is 0 Å². The average molecular weight is 371 g/mol. The maximum absolute atomic E-state index is 12.8. The van der Waals surface area contributed by atoms with Crippen molar-refractivity contribution in [1.29, 1.82) is 0 Å².